The first-order chi connectivity index (χ1) is 11.7. The van der Waals surface area contributed by atoms with Crippen LogP contribution in [0.1, 0.15) is 12.0 Å². The Morgan fingerprint density at radius 2 is 2.16 bits per heavy atom. The van der Waals surface area contributed by atoms with Crippen molar-refractivity contribution in [2.45, 2.75) is 19.0 Å². The molecule has 1 saturated heterocycles. The van der Waals surface area contributed by atoms with E-state index < -0.39 is 27.2 Å². The van der Waals surface area contributed by atoms with Crippen molar-refractivity contribution >= 4 is 26.8 Å². The molecule has 0 saturated carbocycles. The van der Waals surface area contributed by atoms with Gasteiger partial charge in [-0.15, -0.1) is 0 Å². The number of pyridine rings is 1. The molecule has 9 heteroatoms. The summed E-state index contributed by atoms with van der Waals surface area (Å²) >= 11 is 0. The number of hydrogen-bond donors (Lipinski definition) is 2. The molecule has 2 heterocycles. The Bertz CT molecular complexity index is 987. The highest BCUT2D eigenvalue weighted by atomic mass is 32.2. The number of sulfone groups is 1. The summed E-state index contributed by atoms with van der Waals surface area (Å²) in [5, 5.41) is 3.27. The standard InChI is InChI=1S/C16H18FN3O4S/c1-20(13-4-5-25(23,24)9-13)16(22)18-8-11-6-10-2-3-12(17)7-14(10)19-15(11)21/h2-3,6-7,13H,4-5,8-9H2,1H3,(H,18,22)(H,19,21)/t13-/m1/s1. The van der Waals surface area contributed by atoms with E-state index in [0.717, 1.165) is 0 Å². The molecule has 7 nitrogen and oxygen atoms in total. The van der Waals surface area contributed by atoms with Crippen LogP contribution in [0.25, 0.3) is 10.9 Å². The van der Waals surface area contributed by atoms with E-state index in [2.05, 4.69) is 10.3 Å². The number of fused-ring (bicyclic) bond motifs is 1. The Balaban J connectivity index is 1.70. The van der Waals surface area contributed by atoms with E-state index in [1.54, 1.807) is 12.1 Å². The summed E-state index contributed by atoms with van der Waals surface area (Å²) < 4.78 is 36.2. The number of rotatable bonds is 3. The molecule has 1 aromatic carbocycles. The first-order valence-electron chi connectivity index (χ1n) is 7.78. The maximum absolute atomic E-state index is 13.2. The van der Waals surface area contributed by atoms with Crippen molar-refractivity contribution in [3.8, 4) is 0 Å². The zero-order chi connectivity index (χ0) is 18.2. The minimum Gasteiger partial charge on any atom is -0.334 e. The average Bonchev–Trinajstić information content (AvgIpc) is 2.91. The van der Waals surface area contributed by atoms with Crippen LogP contribution in [0, 0.1) is 5.82 Å². The summed E-state index contributed by atoms with van der Waals surface area (Å²) in [4.78, 5) is 28.2. The number of H-pyrrole nitrogens is 1. The van der Waals surface area contributed by atoms with Crippen LogP contribution >= 0.6 is 0 Å². The van der Waals surface area contributed by atoms with E-state index in [0.29, 0.717) is 22.9 Å². The van der Waals surface area contributed by atoms with E-state index in [4.69, 9.17) is 0 Å². The van der Waals surface area contributed by atoms with Gasteiger partial charge >= 0.3 is 6.03 Å². The molecule has 2 amide bonds. The van der Waals surface area contributed by atoms with Crippen LogP contribution in [0.2, 0.25) is 0 Å². The Hall–Kier alpha value is -2.42. The predicted molar refractivity (Wildman–Crippen MR) is 91.6 cm³/mol. The molecule has 1 atom stereocenters. The molecule has 0 spiro atoms. The highest BCUT2D eigenvalue weighted by molar-refractivity contribution is 7.91. The number of halogens is 1. The molecule has 0 unspecified atom stereocenters. The summed E-state index contributed by atoms with van der Waals surface area (Å²) in [5.74, 6) is -0.410. The number of amides is 2. The lowest BCUT2D eigenvalue weighted by atomic mass is 10.1. The van der Waals surface area contributed by atoms with Gasteiger partial charge in [0.2, 0.25) is 0 Å². The topological polar surface area (TPSA) is 99.3 Å². The maximum atomic E-state index is 13.2. The number of aromatic amines is 1. The van der Waals surface area contributed by atoms with Crippen molar-refractivity contribution in [1.29, 1.82) is 0 Å². The molecule has 2 aromatic rings. The fraction of sp³-hybridized carbons (Fsp3) is 0.375. The third-order valence-electron chi connectivity index (χ3n) is 4.39. The lowest BCUT2D eigenvalue weighted by molar-refractivity contribution is 0.194. The zero-order valence-electron chi connectivity index (χ0n) is 13.6. The van der Waals surface area contributed by atoms with Gasteiger partial charge in [0.25, 0.3) is 5.56 Å². The minimum atomic E-state index is -3.08. The van der Waals surface area contributed by atoms with Gasteiger partial charge in [0, 0.05) is 25.2 Å². The van der Waals surface area contributed by atoms with Gasteiger partial charge in [-0.3, -0.25) is 4.79 Å². The Morgan fingerprint density at radius 3 is 2.84 bits per heavy atom. The highest BCUT2D eigenvalue weighted by Gasteiger charge is 2.32. The van der Waals surface area contributed by atoms with Crippen LogP contribution in [0.15, 0.2) is 29.1 Å². The van der Waals surface area contributed by atoms with Crippen LogP contribution in [0.4, 0.5) is 9.18 Å². The molecule has 1 aromatic heterocycles. The first-order valence-corrected chi connectivity index (χ1v) is 9.60. The Labute approximate surface area is 143 Å². The summed E-state index contributed by atoms with van der Waals surface area (Å²) in [6, 6.07) is 4.85. The van der Waals surface area contributed by atoms with Crippen molar-refractivity contribution in [2.24, 2.45) is 0 Å². The predicted octanol–water partition coefficient (Wildman–Crippen LogP) is 0.996. The number of nitrogens with zero attached hydrogens (tertiary/aromatic N) is 1. The zero-order valence-corrected chi connectivity index (χ0v) is 14.4. The molecular weight excluding hydrogens is 349 g/mol. The number of benzene rings is 1. The molecule has 0 bridgehead atoms. The lowest BCUT2D eigenvalue weighted by Gasteiger charge is -2.23. The molecule has 1 fully saturated rings. The van der Waals surface area contributed by atoms with Crippen LogP contribution in [-0.2, 0) is 16.4 Å². The molecule has 1 aliphatic heterocycles. The highest BCUT2D eigenvalue weighted by Crippen LogP contribution is 2.17. The fourth-order valence-corrected chi connectivity index (χ4v) is 4.67. The molecule has 1 aliphatic rings. The molecular formula is C16H18FN3O4S. The van der Waals surface area contributed by atoms with Gasteiger partial charge in [-0.25, -0.2) is 17.6 Å². The van der Waals surface area contributed by atoms with Gasteiger partial charge in [-0.2, -0.15) is 0 Å². The van der Waals surface area contributed by atoms with Gasteiger partial charge < -0.3 is 15.2 Å². The Morgan fingerprint density at radius 1 is 1.40 bits per heavy atom. The van der Waals surface area contributed by atoms with E-state index in [1.165, 1.54) is 24.1 Å². The smallest absolute Gasteiger partial charge is 0.317 e. The second-order valence-corrected chi connectivity index (χ2v) is 8.41. The van der Waals surface area contributed by atoms with Crippen molar-refractivity contribution < 1.29 is 17.6 Å². The largest absolute Gasteiger partial charge is 0.334 e. The number of aromatic nitrogens is 1. The number of carbonyl (C=O) groups excluding carboxylic acids is 1. The normalized spacial score (nSPS) is 19.0. The van der Waals surface area contributed by atoms with Crippen molar-refractivity contribution in [3.05, 3.63) is 46.0 Å². The van der Waals surface area contributed by atoms with Crippen molar-refractivity contribution in [2.75, 3.05) is 18.6 Å². The third-order valence-corrected chi connectivity index (χ3v) is 6.14. The summed E-state index contributed by atoms with van der Waals surface area (Å²) in [6.45, 7) is -0.00864. The SMILES string of the molecule is CN(C(=O)NCc1cc2ccc(F)cc2[nH]c1=O)[C@@H]1CCS(=O)(=O)C1. The number of urea groups is 1. The van der Waals surface area contributed by atoms with Gasteiger partial charge in [-0.05, 0) is 36.1 Å². The van der Waals surface area contributed by atoms with Gasteiger partial charge in [-0.1, -0.05) is 0 Å². The molecule has 134 valence electrons. The van der Waals surface area contributed by atoms with E-state index in [-0.39, 0.29) is 24.1 Å². The Kier molecular flexibility index (Phi) is 4.51. The molecule has 2 N–H and O–H groups in total. The second-order valence-electron chi connectivity index (χ2n) is 6.18. The van der Waals surface area contributed by atoms with Gasteiger partial charge in [0.1, 0.15) is 5.82 Å². The van der Waals surface area contributed by atoms with Crippen LogP contribution in [-0.4, -0.2) is 48.9 Å². The van der Waals surface area contributed by atoms with Crippen LogP contribution in [0.3, 0.4) is 0 Å². The maximum Gasteiger partial charge on any atom is 0.317 e. The number of hydrogen-bond acceptors (Lipinski definition) is 4. The first kappa shape index (κ1) is 17.4. The van der Waals surface area contributed by atoms with Crippen LogP contribution in [0.5, 0.6) is 0 Å². The number of carbonyl (C=O) groups is 1. The summed E-state index contributed by atoms with van der Waals surface area (Å²) in [5.41, 5.74) is 0.303. The average molecular weight is 367 g/mol. The second kappa shape index (κ2) is 6.47. The summed E-state index contributed by atoms with van der Waals surface area (Å²) in [7, 11) is -1.55. The van der Waals surface area contributed by atoms with E-state index >= 15 is 0 Å². The van der Waals surface area contributed by atoms with Crippen molar-refractivity contribution in [1.82, 2.24) is 15.2 Å². The lowest BCUT2D eigenvalue weighted by Crippen LogP contribution is -2.44. The molecule has 25 heavy (non-hydrogen) atoms. The summed E-state index contributed by atoms with van der Waals surface area (Å²) in [6.07, 6.45) is 0.411. The minimum absolute atomic E-state index is 0.00864. The number of nitrogens with one attached hydrogen (secondary N) is 2. The van der Waals surface area contributed by atoms with Gasteiger partial charge in [0.15, 0.2) is 9.84 Å². The van der Waals surface area contributed by atoms with E-state index in [9.17, 15) is 22.4 Å². The monoisotopic (exact) mass is 367 g/mol. The molecule has 0 aliphatic carbocycles. The quantitative estimate of drug-likeness (QED) is 0.845. The van der Waals surface area contributed by atoms with Crippen molar-refractivity contribution in [3.63, 3.8) is 0 Å². The molecule has 3 rings (SSSR count). The van der Waals surface area contributed by atoms with Gasteiger partial charge in [0.05, 0.1) is 17.0 Å². The molecule has 0 radical (unpaired) electrons. The van der Waals surface area contributed by atoms with E-state index in [1.807, 2.05) is 0 Å². The third kappa shape index (κ3) is 3.81. The van der Waals surface area contributed by atoms with Crippen LogP contribution < -0.4 is 10.9 Å². The fourth-order valence-electron chi connectivity index (χ4n) is 2.89.